The van der Waals surface area contributed by atoms with Crippen molar-refractivity contribution in [1.82, 2.24) is 4.98 Å². The Morgan fingerprint density at radius 1 is 1.50 bits per heavy atom. The van der Waals surface area contributed by atoms with E-state index in [1.54, 1.807) is 5.51 Å². The molecule has 1 unspecified atom stereocenters. The van der Waals surface area contributed by atoms with Crippen molar-refractivity contribution >= 4 is 22.9 Å². The Bertz CT molecular complexity index is 565. The Morgan fingerprint density at radius 2 is 2.33 bits per heavy atom. The first-order valence-electron chi connectivity index (χ1n) is 6.03. The number of carbonyl (C=O) groups excluding carboxylic acids is 1. The van der Waals surface area contributed by atoms with Gasteiger partial charge in [0, 0.05) is 17.1 Å². The highest BCUT2D eigenvalue weighted by Crippen LogP contribution is 2.32. The highest BCUT2D eigenvalue weighted by atomic mass is 32.1. The van der Waals surface area contributed by atoms with Crippen molar-refractivity contribution in [2.45, 2.75) is 25.8 Å². The van der Waals surface area contributed by atoms with Crippen molar-refractivity contribution in [2.24, 2.45) is 0 Å². The summed E-state index contributed by atoms with van der Waals surface area (Å²) < 4.78 is 0. The van der Waals surface area contributed by atoms with E-state index in [0.717, 1.165) is 17.8 Å². The summed E-state index contributed by atoms with van der Waals surface area (Å²) in [5.41, 5.74) is 4.95. The van der Waals surface area contributed by atoms with Gasteiger partial charge in [-0.05, 0) is 25.0 Å². The van der Waals surface area contributed by atoms with Crippen LogP contribution in [0.1, 0.15) is 18.2 Å². The van der Waals surface area contributed by atoms with Gasteiger partial charge < -0.3 is 4.90 Å². The summed E-state index contributed by atoms with van der Waals surface area (Å²) in [6.07, 6.45) is 1.33. The number of hydrogen-bond donors (Lipinski definition) is 0. The number of para-hydroxylation sites is 1. The number of anilines is 1. The zero-order valence-electron chi connectivity index (χ0n) is 10.2. The fourth-order valence-corrected chi connectivity index (χ4v) is 3.07. The van der Waals surface area contributed by atoms with E-state index in [4.69, 9.17) is 0 Å². The minimum Gasteiger partial charge on any atom is -0.309 e. The van der Waals surface area contributed by atoms with E-state index in [1.807, 2.05) is 28.5 Å². The lowest BCUT2D eigenvalue weighted by molar-refractivity contribution is -0.118. The van der Waals surface area contributed by atoms with Crippen LogP contribution in [0.15, 0.2) is 35.2 Å². The van der Waals surface area contributed by atoms with Crippen LogP contribution in [0.5, 0.6) is 0 Å². The molecule has 92 valence electrons. The molecule has 1 aromatic carbocycles. The van der Waals surface area contributed by atoms with E-state index < -0.39 is 0 Å². The molecule has 3 rings (SSSR count). The molecule has 2 aromatic rings. The zero-order chi connectivity index (χ0) is 12.5. The minimum atomic E-state index is 0.137. The molecule has 1 atom stereocenters. The fraction of sp³-hybridized carbons (Fsp3) is 0.286. The van der Waals surface area contributed by atoms with Crippen LogP contribution in [0.25, 0.3) is 0 Å². The fourth-order valence-electron chi connectivity index (χ4n) is 2.51. The highest BCUT2D eigenvalue weighted by molar-refractivity contribution is 7.07. The van der Waals surface area contributed by atoms with E-state index in [2.05, 4.69) is 18.0 Å². The van der Waals surface area contributed by atoms with Crippen LogP contribution in [0.3, 0.4) is 0 Å². The minimum absolute atomic E-state index is 0.137. The van der Waals surface area contributed by atoms with Gasteiger partial charge in [-0.25, -0.2) is 4.98 Å². The molecule has 0 fully saturated rings. The van der Waals surface area contributed by atoms with Gasteiger partial charge in [0.25, 0.3) is 0 Å². The van der Waals surface area contributed by atoms with Gasteiger partial charge in [0.05, 0.1) is 17.6 Å². The second-order valence-corrected chi connectivity index (χ2v) is 5.32. The van der Waals surface area contributed by atoms with Crippen LogP contribution in [0.2, 0.25) is 0 Å². The molecule has 2 heterocycles. The third-order valence-electron chi connectivity index (χ3n) is 3.29. The third kappa shape index (κ3) is 1.93. The van der Waals surface area contributed by atoms with Crippen molar-refractivity contribution < 1.29 is 4.79 Å². The molecule has 1 amide bonds. The SMILES string of the molecule is CC1Cc2ccccc2N1C(=O)Cc1cscn1. The predicted molar refractivity (Wildman–Crippen MR) is 72.9 cm³/mol. The molecule has 0 N–H and O–H groups in total. The number of rotatable bonds is 2. The maximum absolute atomic E-state index is 12.4. The van der Waals surface area contributed by atoms with Gasteiger partial charge in [-0.3, -0.25) is 4.79 Å². The number of benzene rings is 1. The Morgan fingerprint density at radius 3 is 3.11 bits per heavy atom. The van der Waals surface area contributed by atoms with Crippen LogP contribution in [-0.4, -0.2) is 16.9 Å². The Labute approximate surface area is 110 Å². The number of hydrogen-bond acceptors (Lipinski definition) is 3. The quantitative estimate of drug-likeness (QED) is 0.829. The lowest BCUT2D eigenvalue weighted by atomic mass is 10.1. The maximum Gasteiger partial charge on any atom is 0.233 e. The lowest BCUT2D eigenvalue weighted by Gasteiger charge is -2.22. The second-order valence-electron chi connectivity index (χ2n) is 4.60. The molecule has 0 saturated carbocycles. The van der Waals surface area contributed by atoms with Gasteiger partial charge in [-0.15, -0.1) is 11.3 Å². The summed E-state index contributed by atoms with van der Waals surface area (Å²) in [4.78, 5) is 18.5. The van der Waals surface area contributed by atoms with Crippen LogP contribution >= 0.6 is 11.3 Å². The summed E-state index contributed by atoms with van der Waals surface area (Å²) >= 11 is 1.53. The smallest absolute Gasteiger partial charge is 0.233 e. The molecular formula is C14H14N2OS. The summed E-state index contributed by atoms with van der Waals surface area (Å²) in [7, 11) is 0. The topological polar surface area (TPSA) is 33.2 Å². The Balaban J connectivity index is 1.86. The van der Waals surface area contributed by atoms with Crippen LogP contribution in [0, 0.1) is 0 Å². The number of fused-ring (bicyclic) bond motifs is 1. The third-order valence-corrected chi connectivity index (χ3v) is 3.93. The maximum atomic E-state index is 12.4. The van der Waals surface area contributed by atoms with E-state index in [9.17, 15) is 4.79 Å². The molecule has 3 nitrogen and oxygen atoms in total. The van der Waals surface area contributed by atoms with Gasteiger partial charge in [0.2, 0.25) is 5.91 Å². The monoisotopic (exact) mass is 258 g/mol. The Hall–Kier alpha value is -1.68. The van der Waals surface area contributed by atoms with Crippen molar-refractivity contribution in [3.05, 3.63) is 46.4 Å². The van der Waals surface area contributed by atoms with Crippen LogP contribution < -0.4 is 4.90 Å². The Kier molecular flexibility index (Phi) is 2.88. The molecule has 1 aromatic heterocycles. The first-order valence-corrected chi connectivity index (χ1v) is 6.97. The van der Waals surface area contributed by atoms with Crippen LogP contribution in [0.4, 0.5) is 5.69 Å². The molecular weight excluding hydrogens is 244 g/mol. The van der Waals surface area contributed by atoms with Crippen molar-refractivity contribution in [2.75, 3.05) is 4.90 Å². The van der Waals surface area contributed by atoms with Gasteiger partial charge >= 0.3 is 0 Å². The largest absolute Gasteiger partial charge is 0.309 e. The average molecular weight is 258 g/mol. The number of amides is 1. The molecule has 0 radical (unpaired) electrons. The predicted octanol–water partition coefficient (Wildman–Crippen LogP) is 2.66. The molecule has 0 aliphatic carbocycles. The van der Waals surface area contributed by atoms with Crippen molar-refractivity contribution in [3.8, 4) is 0 Å². The van der Waals surface area contributed by atoms with E-state index >= 15 is 0 Å². The van der Waals surface area contributed by atoms with Gasteiger partial charge in [0.1, 0.15) is 0 Å². The first-order chi connectivity index (χ1) is 8.75. The second kappa shape index (κ2) is 4.53. The number of nitrogens with zero attached hydrogens (tertiary/aromatic N) is 2. The van der Waals surface area contributed by atoms with Crippen LogP contribution in [-0.2, 0) is 17.6 Å². The molecule has 0 spiro atoms. The zero-order valence-corrected chi connectivity index (χ0v) is 11.0. The van der Waals surface area contributed by atoms with E-state index in [0.29, 0.717) is 6.42 Å². The lowest BCUT2D eigenvalue weighted by Crippen LogP contribution is -2.36. The summed E-state index contributed by atoms with van der Waals surface area (Å²) in [6.45, 7) is 2.10. The molecule has 1 aliphatic rings. The average Bonchev–Trinajstić information content (AvgIpc) is 2.94. The molecule has 4 heteroatoms. The standard InChI is InChI=1S/C14H14N2OS/c1-10-6-11-4-2-3-5-13(11)16(10)14(17)7-12-8-18-9-15-12/h2-5,8-10H,6-7H2,1H3. The number of carbonyl (C=O) groups is 1. The van der Waals surface area contributed by atoms with Crippen molar-refractivity contribution in [3.63, 3.8) is 0 Å². The molecule has 0 bridgehead atoms. The van der Waals surface area contributed by atoms with Gasteiger partial charge in [-0.2, -0.15) is 0 Å². The molecule has 1 aliphatic heterocycles. The first kappa shape index (κ1) is 11.4. The van der Waals surface area contributed by atoms with E-state index in [-0.39, 0.29) is 11.9 Å². The van der Waals surface area contributed by atoms with Gasteiger partial charge in [0.15, 0.2) is 0 Å². The summed E-state index contributed by atoms with van der Waals surface area (Å²) in [6, 6.07) is 8.38. The van der Waals surface area contributed by atoms with Crippen molar-refractivity contribution in [1.29, 1.82) is 0 Å². The normalized spacial score (nSPS) is 17.8. The van der Waals surface area contributed by atoms with E-state index in [1.165, 1.54) is 16.9 Å². The van der Waals surface area contributed by atoms with Gasteiger partial charge in [-0.1, -0.05) is 18.2 Å². The number of thiazole rings is 1. The highest BCUT2D eigenvalue weighted by Gasteiger charge is 2.30. The summed E-state index contributed by atoms with van der Waals surface area (Å²) in [5.74, 6) is 0.137. The number of aromatic nitrogens is 1. The molecule has 18 heavy (non-hydrogen) atoms. The molecule has 0 saturated heterocycles. The summed E-state index contributed by atoms with van der Waals surface area (Å²) in [5, 5.41) is 1.94.